The highest BCUT2D eigenvalue weighted by molar-refractivity contribution is 6.06. The molecule has 8 nitrogen and oxygen atoms in total. The molecule has 0 saturated carbocycles. The Morgan fingerprint density at radius 3 is 2.43 bits per heavy atom. The smallest absolute Gasteiger partial charge is 0.269 e. The van der Waals surface area contributed by atoms with Crippen LogP contribution in [0, 0.1) is 21.4 Å². The molecule has 1 aliphatic heterocycles. The van der Waals surface area contributed by atoms with Gasteiger partial charge in [-0.25, -0.2) is 0 Å². The average Bonchev–Trinajstić information content (AvgIpc) is 2.68. The zero-order chi connectivity index (χ0) is 20.3. The number of anilines is 1. The molecular formula is C20H16N4O4. The van der Waals surface area contributed by atoms with Crippen LogP contribution in [-0.4, -0.2) is 10.8 Å². The molecule has 1 amide bonds. The first-order valence-corrected chi connectivity index (χ1v) is 8.31. The van der Waals surface area contributed by atoms with Crippen molar-refractivity contribution in [2.45, 2.75) is 12.8 Å². The van der Waals surface area contributed by atoms with Gasteiger partial charge in [-0.1, -0.05) is 30.3 Å². The lowest BCUT2D eigenvalue weighted by molar-refractivity contribution is -0.384. The molecule has 1 atom stereocenters. The highest BCUT2D eigenvalue weighted by Crippen LogP contribution is 2.39. The van der Waals surface area contributed by atoms with E-state index in [0.29, 0.717) is 11.3 Å². The molecule has 2 aromatic carbocycles. The number of rotatable bonds is 4. The minimum Gasteiger partial charge on any atom is -0.445 e. The Hall–Kier alpha value is -4.12. The summed E-state index contributed by atoms with van der Waals surface area (Å²) in [4.78, 5) is 23.4. The van der Waals surface area contributed by atoms with E-state index in [9.17, 15) is 20.2 Å². The Bertz CT molecular complexity index is 1030. The van der Waals surface area contributed by atoms with Crippen molar-refractivity contribution in [3.8, 4) is 6.07 Å². The van der Waals surface area contributed by atoms with Crippen molar-refractivity contribution in [3.05, 3.63) is 93.1 Å². The minimum atomic E-state index is -0.803. The zero-order valence-corrected chi connectivity index (χ0v) is 14.9. The summed E-state index contributed by atoms with van der Waals surface area (Å²) in [6.07, 6.45) is 0. The normalized spacial score (nSPS) is 16.2. The van der Waals surface area contributed by atoms with E-state index < -0.39 is 16.7 Å². The number of allylic oxidation sites excluding steroid dienone is 2. The molecule has 0 aliphatic carbocycles. The molecule has 140 valence electrons. The molecule has 28 heavy (non-hydrogen) atoms. The summed E-state index contributed by atoms with van der Waals surface area (Å²) in [7, 11) is 0. The predicted octanol–water partition coefficient (Wildman–Crippen LogP) is 3.32. The van der Waals surface area contributed by atoms with Gasteiger partial charge in [0.15, 0.2) is 0 Å². The van der Waals surface area contributed by atoms with Crippen LogP contribution >= 0.6 is 0 Å². The number of nitriles is 1. The van der Waals surface area contributed by atoms with E-state index in [1.807, 2.05) is 12.1 Å². The van der Waals surface area contributed by atoms with Crippen molar-refractivity contribution in [2.75, 3.05) is 5.32 Å². The quantitative estimate of drug-likeness (QED) is 0.621. The van der Waals surface area contributed by atoms with Gasteiger partial charge >= 0.3 is 0 Å². The number of nitrogens with one attached hydrogen (secondary N) is 1. The third kappa shape index (κ3) is 3.54. The molecule has 0 bridgehead atoms. The van der Waals surface area contributed by atoms with Gasteiger partial charge in [-0.2, -0.15) is 5.26 Å². The number of nitrogens with zero attached hydrogens (tertiary/aromatic N) is 2. The number of ether oxygens (including phenoxy) is 1. The van der Waals surface area contributed by atoms with Crippen LogP contribution < -0.4 is 11.1 Å². The lowest BCUT2D eigenvalue weighted by Crippen LogP contribution is -2.27. The lowest BCUT2D eigenvalue weighted by Gasteiger charge is -2.27. The van der Waals surface area contributed by atoms with Gasteiger partial charge in [-0.3, -0.25) is 14.9 Å². The number of nitro benzene ring substituents is 1. The molecule has 0 radical (unpaired) electrons. The van der Waals surface area contributed by atoms with Gasteiger partial charge in [0.2, 0.25) is 5.88 Å². The molecule has 2 aromatic rings. The predicted molar refractivity (Wildman–Crippen MR) is 102 cm³/mol. The Morgan fingerprint density at radius 2 is 1.86 bits per heavy atom. The fourth-order valence-corrected chi connectivity index (χ4v) is 3.02. The number of non-ortho nitro benzene ring substituents is 1. The second-order valence-corrected chi connectivity index (χ2v) is 6.06. The van der Waals surface area contributed by atoms with E-state index in [4.69, 9.17) is 10.5 Å². The molecule has 0 aromatic heterocycles. The Morgan fingerprint density at radius 1 is 1.21 bits per heavy atom. The second-order valence-electron chi connectivity index (χ2n) is 6.06. The molecule has 3 rings (SSSR count). The van der Waals surface area contributed by atoms with E-state index in [2.05, 4.69) is 5.32 Å². The van der Waals surface area contributed by atoms with Crippen LogP contribution in [0.25, 0.3) is 0 Å². The van der Waals surface area contributed by atoms with E-state index >= 15 is 0 Å². The largest absolute Gasteiger partial charge is 0.445 e. The number of carbonyl (C=O) groups excluding carboxylic acids is 1. The van der Waals surface area contributed by atoms with Gasteiger partial charge in [0, 0.05) is 17.8 Å². The molecule has 1 aliphatic rings. The summed E-state index contributed by atoms with van der Waals surface area (Å²) in [5.74, 6) is -1.09. The minimum absolute atomic E-state index is 0.0673. The summed E-state index contributed by atoms with van der Waals surface area (Å²) in [5.41, 5.74) is 7.14. The monoisotopic (exact) mass is 376 g/mol. The molecule has 0 saturated heterocycles. The number of benzene rings is 2. The average molecular weight is 376 g/mol. The van der Waals surface area contributed by atoms with Gasteiger partial charge in [0.25, 0.3) is 11.6 Å². The van der Waals surface area contributed by atoms with Crippen molar-refractivity contribution in [2.24, 2.45) is 5.73 Å². The maximum Gasteiger partial charge on any atom is 0.269 e. The van der Waals surface area contributed by atoms with Gasteiger partial charge in [-0.15, -0.1) is 0 Å². The van der Waals surface area contributed by atoms with E-state index in [1.165, 1.54) is 24.3 Å². The summed E-state index contributed by atoms with van der Waals surface area (Å²) in [6, 6.07) is 16.5. The first kappa shape index (κ1) is 18.7. The summed E-state index contributed by atoms with van der Waals surface area (Å²) < 4.78 is 5.42. The molecule has 3 N–H and O–H groups in total. The van der Waals surface area contributed by atoms with Crippen molar-refractivity contribution in [1.29, 1.82) is 5.26 Å². The Balaban J connectivity index is 2.05. The number of carbonyl (C=O) groups is 1. The number of hydrogen-bond donors (Lipinski definition) is 2. The third-order valence-electron chi connectivity index (χ3n) is 4.32. The zero-order valence-electron chi connectivity index (χ0n) is 14.9. The van der Waals surface area contributed by atoms with Gasteiger partial charge in [0.1, 0.15) is 17.4 Å². The molecule has 1 heterocycles. The van der Waals surface area contributed by atoms with Crippen LogP contribution in [0.2, 0.25) is 0 Å². The SMILES string of the molecule is CC1=C(C(=O)Nc2ccccc2)[C@H](c2ccc([N+](=O)[O-])cc2)C(C#N)=C(N)O1. The van der Waals surface area contributed by atoms with Crippen LogP contribution in [0.4, 0.5) is 11.4 Å². The molecule has 8 heteroatoms. The van der Waals surface area contributed by atoms with Crippen LogP contribution in [-0.2, 0) is 9.53 Å². The van der Waals surface area contributed by atoms with Gasteiger partial charge in [-0.05, 0) is 24.6 Å². The highest BCUT2D eigenvalue weighted by Gasteiger charge is 2.35. The fourth-order valence-electron chi connectivity index (χ4n) is 3.02. The maximum atomic E-state index is 13.0. The summed E-state index contributed by atoms with van der Waals surface area (Å²) >= 11 is 0. The number of para-hydroxylation sites is 1. The topological polar surface area (TPSA) is 131 Å². The van der Waals surface area contributed by atoms with E-state index in [0.717, 1.165) is 0 Å². The molecule has 0 unspecified atom stereocenters. The van der Waals surface area contributed by atoms with Crippen LogP contribution in [0.5, 0.6) is 0 Å². The number of nitrogens with two attached hydrogens (primary N) is 1. The maximum absolute atomic E-state index is 13.0. The third-order valence-corrected chi connectivity index (χ3v) is 4.32. The van der Waals surface area contributed by atoms with Crippen LogP contribution in [0.15, 0.2) is 77.4 Å². The van der Waals surface area contributed by atoms with Crippen molar-refractivity contribution in [3.63, 3.8) is 0 Å². The van der Waals surface area contributed by atoms with Crippen molar-refractivity contribution in [1.82, 2.24) is 0 Å². The van der Waals surface area contributed by atoms with Gasteiger partial charge < -0.3 is 15.8 Å². The highest BCUT2D eigenvalue weighted by atomic mass is 16.6. The Kier molecular flexibility index (Phi) is 5.09. The number of nitro groups is 1. The first-order valence-electron chi connectivity index (χ1n) is 8.31. The fraction of sp³-hybridized carbons (Fsp3) is 0.100. The lowest BCUT2D eigenvalue weighted by atomic mass is 9.82. The van der Waals surface area contributed by atoms with Crippen molar-refractivity contribution >= 4 is 17.3 Å². The van der Waals surface area contributed by atoms with E-state index in [-0.39, 0.29) is 28.5 Å². The standard InChI is InChI=1S/C20H16N4O4/c1-12-17(20(25)23-14-5-3-2-4-6-14)18(16(11-21)19(22)28-12)13-7-9-15(10-8-13)24(26)27/h2-10,18H,22H2,1H3,(H,23,25)/t18-/m1/s1. The summed E-state index contributed by atoms with van der Waals surface area (Å²) in [6.45, 7) is 1.58. The molecule has 0 fully saturated rings. The molecule has 0 spiro atoms. The van der Waals surface area contributed by atoms with E-state index in [1.54, 1.807) is 31.2 Å². The number of hydrogen-bond acceptors (Lipinski definition) is 6. The second kappa shape index (κ2) is 7.63. The van der Waals surface area contributed by atoms with Crippen LogP contribution in [0.1, 0.15) is 18.4 Å². The molecular weight excluding hydrogens is 360 g/mol. The number of amides is 1. The van der Waals surface area contributed by atoms with Gasteiger partial charge in [0.05, 0.1) is 16.4 Å². The Labute approximate surface area is 160 Å². The summed E-state index contributed by atoms with van der Waals surface area (Å²) in [5, 5.41) is 23.3. The van der Waals surface area contributed by atoms with Crippen LogP contribution in [0.3, 0.4) is 0 Å². The first-order chi connectivity index (χ1) is 13.4. The van der Waals surface area contributed by atoms with Crippen molar-refractivity contribution < 1.29 is 14.5 Å².